The van der Waals surface area contributed by atoms with Crippen LogP contribution in [0, 0.1) is 0 Å². The Labute approximate surface area is 242 Å². The lowest BCUT2D eigenvalue weighted by Gasteiger charge is -2.17. The summed E-state index contributed by atoms with van der Waals surface area (Å²) in [6.07, 6.45) is 1.92. The van der Waals surface area contributed by atoms with Crippen LogP contribution >= 0.6 is 11.8 Å². The summed E-state index contributed by atoms with van der Waals surface area (Å²) in [5, 5.41) is 25.4. The van der Waals surface area contributed by atoms with Crippen LogP contribution in [-0.2, 0) is 16.0 Å². The van der Waals surface area contributed by atoms with Gasteiger partial charge in [0.1, 0.15) is 10.8 Å². The van der Waals surface area contributed by atoms with Crippen molar-refractivity contribution in [3.05, 3.63) is 78.4 Å². The van der Waals surface area contributed by atoms with Crippen molar-refractivity contribution in [3.63, 3.8) is 0 Å². The summed E-state index contributed by atoms with van der Waals surface area (Å²) in [5.41, 5.74) is 2.14. The maximum absolute atomic E-state index is 9.10. The Morgan fingerprint density at radius 2 is 1.56 bits per heavy atom. The van der Waals surface area contributed by atoms with Crippen molar-refractivity contribution < 1.29 is 34.0 Å². The molecule has 0 aliphatic rings. The molecule has 11 heteroatoms. The number of benzene rings is 3. The van der Waals surface area contributed by atoms with Crippen molar-refractivity contribution in [2.45, 2.75) is 22.8 Å². The van der Waals surface area contributed by atoms with Crippen molar-refractivity contribution in [3.8, 4) is 17.2 Å². The molecule has 10 nitrogen and oxygen atoms in total. The molecule has 4 aromatic rings. The molecule has 1 heterocycles. The SMILES string of the molecule is COc1ccc(CCN(C)CCCOc2ccc(Sc3cc4ccccc4nn3)cc2)cc1OC.O=C(O)C(=O)O. The van der Waals surface area contributed by atoms with Crippen LogP contribution in [0.5, 0.6) is 17.2 Å². The summed E-state index contributed by atoms with van der Waals surface area (Å²) in [7, 11) is 5.46. The second-order valence-corrected chi connectivity index (χ2v) is 9.96. The third kappa shape index (κ3) is 10.3. The van der Waals surface area contributed by atoms with Crippen LogP contribution in [0.1, 0.15) is 12.0 Å². The van der Waals surface area contributed by atoms with Crippen LogP contribution < -0.4 is 14.2 Å². The van der Waals surface area contributed by atoms with Gasteiger partial charge in [-0.2, -0.15) is 0 Å². The van der Waals surface area contributed by atoms with Gasteiger partial charge in [0, 0.05) is 23.4 Å². The number of ether oxygens (including phenoxy) is 3. The van der Waals surface area contributed by atoms with Crippen molar-refractivity contribution >= 4 is 34.6 Å². The minimum atomic E-state index is -1.82. The molecular weight excluding hydrogens is 546 g/mol. The largest absolute Gasteiger partial charge is 0.494 e. The van der Waals surface area contributed by atoms with Gasteiger partial charge < -0.3 is 29.3 Å². The highest BCUT2D eigenvalue weighted by molar-refractivity contribution is 7.99. The molecule has 0 saturated carbocycles. The van der Waals surface area contributed by atoms with Crippen molar-refractivity contribution in [2.75, 3.05) is 41.0 Å². The van der Waals surface area contributed by atoms with E-state index in [0.717, 1.165) is 64.0 Å². The fourth-order valence-corrected chi connectivity index (χ4v) is 4.51. The van der Waals surface area contributed by atoms with E-state index in [1.54, 1.807) is 26.0 Å². The molecule has 0 saturated heterocycles. The fourth-order valence-electron chi connectivity index (χ4n) is 3.73. The van der Waals surface area contributed by atoms with E-state index in [-0.39, 0.29) is 0 Å². The van der Waals surface area contributed by atoms with Crippen LogP contribution in [0.4, 0.5) is 0 Å². The van der Waals surface area contributed by atoms with Gasteiger partial charge in [0.25, 0.3) is 0 Å². The molecule has 1 aromatic heterocycles. The topological polar surface area (TPSA) is 131 Å². The van der Waals surface area contributed by atoms with E-state index in [0.29, 0.717) is 6.61 Å². The van der Waals surface area contributed by atoms with Gasteiger partial charge in [-0.05, 0) is 74.0 Å². The number of rotatable bonds is 12. The van der Waals surface area contributed by atoms with Crippen LogP contribution in [0.15, 0.2) is 82.7 Å². The quantitative estimate of drug-likeness (QED) is 0.176. The lowest BCUT2D eigenvalue weighted by atomic mass is 10.1. The molecule has 0 radical (unpaired) electrons. The van der Waals surface area contributed by atoms with Gasteiger partial charge in [-0.1, -0.05) is 36.0 Å². The van der Waals surface area contributed by atoms with Gasteiger partial charge >= 0.3 is 11.9 Å². The molecule has 2 N–H and O–H groups in total. The highest BCUT2D eigenvalue weighted by atomic mass is 32.2. The number of carboxylic acids is 2. The Bertz CT molecular complexity index is 1420. The summed E-state index contributed by atoms with van der Waals surface area (Å²) in [4.78, 5) is 21.6. The standard InChI is InChI=1S/C28H31N3O3S.C2H2O4/c1-31(17-15-21-9-14-26(32-2)27(19-21)33-3)16-6-18-34-23-10-12-24(13-11-23)35-28-20-22-7-4-5-8-25(22)29-30-28;3-1(4)2(5)6/h4-5,7-14,19-20H,6,15-18H2,1-3H3;(H,3,4)(H,5,6). The van der Waals surface area contributed by atoms with Crippen LogP contribution in [0.2, 0.25) is 0 Å². The Kier molecular flexibility index (Phi) is 12.2. The number of hydrogen-bond acceptors (Lipinski definition) is 9. The van der Waals surface area contributed by atoms with E-state index >= 15 is 0 Å². The second-order valence-electron chi connectivity index (χ2n) is 8.87. The number of carboxylic acid groups (broad SMARTS) is 2. The number of likely N-dealkylation sites (N-methyl/N-ethyl adjacent to an activating group) is 1. The number of nitrogens with zero attached hydrogens (tertiary/aromatic N) is 3. The number of methoxy groups -OCH3 is 2. The van der Waals surface area contributed by atoms with E-state index in [9.17, 15) is 0 Å². The molecule has 0 amide bonds. The average Bonchev–Trinajstić information content (AvgIpc) is 2.99. The summed E-state index contributed by atoms with van der Waals surface area (Å²) in [6.45, 7) is 2.63. The zero-order chi connectivity index (χ0) is 29.6. The molecule has 0 atom stereocenters. The molecular formula is C30H33N3O7S. The summed E-state index contributed by atoms with van der Waals surface area (Å²) < 4.78 is 16.6. The Hall–Kier alpha value is -4.35. The first-order valence-corrected chi connectivity index (χ1v) is 13.6. The van der Waals surface area contributed by atoms with Crippen molar-refractivity contribution in [1.29, 1.82) is 0 Å². The maximum atomic E-state index is 9.10. The van der Waals surface area contributed by atoms with E-state index in [1.807, 2.05) is 42.5 Å². The molecule has 0 spiro atoms. The zero-order valence-corrected chi connectivity index (χ0v) is 24.0. The summed E-state index contributed by atoms with van der Waals surface area (Å²) in [5.74, 6) is -1.23. The predicted molar refractivity (Wildman–Crippen MR) is 156 cm³/mol. The zero-order valence-electron chi connectivity index (χ0n) is 23.1. The molecule has 4 rings (SSSR count). The number of carbonyl (C=O) groups is 2. The molecule has 41 heavy (non-hydrogen) atoms. The molecule has 0 aliphatic heterocycles. The number of aromatic nitrogens is 2. The molecule has 3 aromatic carbocycles. The van der Waals surface area contributed by atoms with Gasteiger partial charge in [-0.15, -0.1) is 10.2 Å². The van der Waals surface area contributed by atoms with E-state index < -0.39 is 11.9 Å². The van der Waals surface area contributed by atoms with Crippen molar-refractivity contribution in [1.82, 2.24) is 15.1 Å². The van der Waals surface area contributed by atoms with Crippen molar-refractivity contribution in [2.24, 2.45) is 0 Å². The fraction of sp³-hybridized carbons (Fsp3) is 0.267. The minimum Gasteiger partial charge on any atom is -0.494 e. The highest BCUT2D eigenvalue weighted by Gasteiger charge is 2.07. The smallest absolute Gasteiger partial charge is 0.414 e. The first-order valence-electron chi connectivity index (χ1n) is 12.8. The highest BCUT2D eigenvalue weighted by Crippen LogP contribution is 2.29. The molecule has 0 bridgehead atoms. The normalized spacial score (nSPS) is 10.5. The maximum Gasteiger partial charge on any atom is 0.414 e. The minimum absolute atomic E-state index is 0.684. The van der Waals surface area contributed by atoms with E-state index in [2.05, 4.69) is 52.5 Å². The second kappa shape index (κ2) is 16.0. The average molecular weight is 580 g/mol. The Morgan fingerprint density at radius 1 is 0.854 bits per heavy atom. The molecule has 0 aliphatic carbocycles. The number of aliphatic carboxylic acids is 2. The van der Waals surface area contributed by atoms with Gasteiger partial charge in [0.2, 0.25) is 0 Å². The predicted octanol–water partition coefficient (Wildman–Crippen LogP) is 4.90. The summed E-state index contributed by atoms with van der Waals surface area (Å²) in [6, 6.07) is 24.3. The molecule has 0 unspecified atom stereocenters. The number of fused-ring (bicyclic) bond motifs is 1. The third-order valence-corrected chi connectivity index (χ3v) is 6.80. The van der Waals surface area contributed by atoms with Gasteiger partial charge in [-0.25, -0.2) is 9.59 Å². The van der Waals surface area contributed by atoms with Gasteiger partial charge in [0.15, 0.2) is 11.5 Å². The lowest BCUT2D eigenvalue weighted by molar-refractivity contribution is -0.159. The first kappa shape index (κ1) is 31.2. The van der Waals surface area contributed by atoms with Gasteiger partial charge in [0.05, 0.1) is 26.3 Å². The first-order chi connectivity index (χ1) is 19.8. The monoisotopic (exact) mass is 579 g/mol. The van der Waals surface area contributed by atoms with Crippen LogP contribution in [0.3, 0.4) is 0 Å². The Morgan fingerprint density at radius 3 is 2.24 bits per heavy atom. The summed E-state index contributed by atoms with van der Waals surface area (Å²) >= 11 is 1.60. The number of hydrogen-bond donors (Lipinski definition) is 2. The van der Waals surface area contributed by atoms with Crippen LogP contribution in [0.25, 0.3) is 10.9 Å². The Balaban J connectivity index is 0.000000696. The van der Waals surface area contributed by atoms with E-state index in [1.165, 1.54) is 5.56 Å². The van der Waals surface area contributed by atoms with Crippen LogP contribution in [-0.4, -0.2) is 78.2 Å². The molecule has 216 valence electrons. The van der Waals surface area contributed by atoms with E-state index in [4.69, 9.17) is 34.0 Å². The lowest BCUT2D eigenvalue weighted by Crippen LogP contribution is -2.23. The van der Waals surface area contributed by atoms with Gasteiger partial charge in [-0.3, -0.25) is 0 Å². The molecule has 0 fully saturated rings. The third-order valence-electron chi connectivity index (χ3n) is 5.88.